The van der Waals surface area contributed by atoms with Crippen molar-refractivity contribution in [1.29, 1.82) is 0 Å². The van der Waals surface area contributed by atoms with Crippen LogP contribution >= 0.6 is 0 Å². The van der Waals surface area contributed by atoms with Gasteiger partial charge >= 0.3 is 0 Å². The van der Waals surface area contributed by atoms with Gasteiger partial charge in [-0.2, -0.15) is 0 Å². The second kappa shape index (κ2) is 4.05. The number of sulfone groups is 1. The van der Waals surface area contributed by atoms with E-state index in [1.165, 1.54) is 0 Å². The number of hydrogen-bond acceptors (Lipinski definition) is 3. The molecular formula is C8H15NO2S. The van der Waals surface area contributed by atoms with E-state index >= 15 is 0 Å². The lowest BCUT2D eigenvalue weighted by Crippen LogP contribution is -2.51. The number of rotatable bonds is 4. The maximum Gasteiger partial charge on any atom is 0.153 e. The molecule has 0 atom stereocenters. The molecule has 0 saturated carbocycles. The highest BCUT2D eigenvalue weighted by Gasteiger charge is 2.32. The molecule has 4 heteroatoms. The van der Waals surface area contributed by atoms with Crippen LogP contribution in [0.15, 0.2) is 12.2 Å². The number of nitrogens with one attached hydrogen (secondary N) is 1. The summed E-state index contributed by atoms with van der Waals surface area (Å²) < 4.78 is 21.5. The first-order valence-corrected chi connectivity index (χ1v) is 6.01. The van der Waals surface area contributed by atoms with Crippen molar-refractivity contribution in [2.24, 2.45) is 0 Å². The fourth-order valence-electron chi connectivity index (χ4n) is 1.22. The van der Waals surface area contributed by atoms with Gasteiger partial charge in [-0.3, -0.25) is 0 Å². The van der Waals surface area contributed by atoms with Crippen molar-refractivity contribution >= 4 is 9.84 Å². The summed E-state index contributed by atoms with van der Waals surface area (Å²) >= 11 is 0. The van der Waals surface area contributed by atoms with Crippen molar-refractivity contribution in [1.82, 2.24) is 5.32 Å². The maximum atomic E-state index is 10.7. The topological polar surface area (TPSA) is 46.2 Å². The highest BCUT2D eigenvalue weighted by molar-refractivity contribution is 7.92. The van der Waals surface area contributed by atoms with Crippen LogP contribution in [0.3, 0.4) is 0 Å². The quantitative estimate of drug-likeness (QED) is 0.512. The second-order valence-corrected chi connectivity index (χ2v) is 5.24. The van der Waals surface area contributed by atoms with Crippen molar-refractivity contribution in [2.75, 3.05) is 18.1 Å². The van der Waals surface area contributed by atoms with E-state index in [0.29, 0.717) is 11.5 Å². The van der Waals surface area contributed by atoms with Gasteiger partial charge in [0.15, 0.2) is 9.84 Å². The van der Waals surface area contributed by atoms with Gasteiger partial charge in [-0.15, -0.1) is 0 Å². The zero-order chi connectivity index (χ0) is 9.03. The molecule has 1 fully saturated rings. The molecule has 1 aliphatic rings. The van der Waals surface area contributed by atoms with E-state index < -0.39 is 9.84 Å². The van der Waals surface area contributed by atoms with Crippen molar-refractivity contribution in [2.45, 2.75) is 19.4 Å². The van der Waals surface area contributed by atoms with Gasteiger partial charge in [-0.1, -0.05) is 12.2 Å². The smallest absolute Gasteiger partial charge is 0.153 e. The second-order valence-electron chi connectivity index (χ2n) is 3.09. The first-order chi connectivity index (χ1) is 5.64. The summed E-state index contributed by atoms with van der Waals surface area (Å²) in [7, 11) is -2.65. The molecule has 0 aliphatic carbocycles. The normalized spacial score (nSPS) is 22.8. The minimum atomic E-state index is -2.65. The van der Waals surface area contributed by atoms with Crippen LogP contribution in [0, 0.1) is 0 Å². The third-order valence-electron chi connectivity index (χ3n) is 1.89. The number of allylic oxidation sites excluding steroid dienone is 1. The Balaban J connectivity index is 2.04. The van der Waals surface area contributed by atoms with Crippen molar-refractivity contribution in [3.63, 3.8) is 0 Å². The molecule has 70 valence electrons. The summed E-state index contributed by atoms with van der Waals surface area (Å²) in [5.74, 6) is 0.645. The summed E-state index contributed by atoms with van der Waals surface area (Å²) in [4.78, 5) is 0. The Hall–Kier alpha value is -0.350. The molecule has 1 heterocycles. The van der Waals surface area contributed by atoms with Crippen molar-refractivity contribution in [3.8, 4) is 0 Å². The van der Waals surface area contributed by atoms with Crippen LogP contribution in [0.2, 0.25) is 0 Å². The summed E-state index contributed by atoms with van der Waals surface area (Å²) in [5, 5.41) is 3.18. The van der Waals surface area contributed by atoms with Crippen LogP contribution < -0.4 is 5.32 Å². The van der Waals surface area contributed by atoms with E-state index in [0.717, 1.165) is 13.0 Å². The lowest BCUT2D eigenvalue weighted by atomic mass is 10.3. The van der Waals surface area contributed by atoms with Crippen molar-refractivity contribution in [3.05, 3.63) is 12.2 Å². The van der Waals surface area contributed by atoms with E-state index in [1.807, 2.05) is 13.0 Å². The molecule has 0 aromatic rings. The Labute approximate surface area is 73.8 Å². The van der Waals surface area contributed by atoms with Gasteiger partial charge in [0.1, 0.15) is 0 Å². The summed E-state index contributed by atoms with van der Waals surface area (Å²) in [6, 6.07) is 0.209. The van der Waals surface area contributed by atoms with E-state index in [1.54, 1.807) is 0 Å². The van der Waals surface area contributed by atoms with Gasteiger partial charge < -0.3 is 5.32 Å². The molecule has 1 saturated heterocycles. The molecular weight excluding hydrogens is 174 g/mol. The third kappa shape index (κ3) is 2.95. The van der Waals surface area contributed by atoms with Crippen molar-refractivity contribution < 1.29 is 8.42 Å². The molecule has 12 heavy (non-hydrogen) atoms. The van der Waals surface area contributed by atoms with Crippen LogP contribution in [0.5, 0.6) is 0 Å². The lowest BCUT2D eigenvalue weighted by molar-refractivity contribution is 0.515. The monoisotopic (exact) mass is 189 g/mol. The van der Waals surface area contributed by atoms with Gasteiger partial charge in [0, 0.05) is 6.04 Å². The predicted octanol–water partition coefficient (Wildman–Crippen LogP) is 0.339. The molecule has 0 spiro atoms. The van der Waals surface area contributed by atoms with Crippen LogP contribution in [0.25, 0.3) is 0 Å². The maximum absolute atomic E-state index is 10.7. The van der Waals surface area contributed by atoms with Gasteiger partial charge in [-0.25, -0.2) is 8.42 Å². The predicted molar refractivity (Wildman–Crippen MR) is 49.9 cm³/mol. The van der Waals surface area contributed by atoms with Crippen LogP contribution in [-0.4, -0.2) is 32.5 Å². The summed E-state index contributed by atoms with van der Waals surface area (Å²) in [6.45, 7) is 2.86. The zero-order valence-electron chi connectivity index (χ0n) is 7.29. The lowest BCUT2D eigenvalue weighted by Gasteiger charge is -2.26. The molecule has 1 aliphatic heterocycles. The minimum Gasteiger partial charge on any atom is -0.312 e. The molecule has 0 aromatic carbocycles. The Morgan fingerprint density at radius 2 is 2.17 bits per heavy atom. The fourth-order valence-corrected chi connectivity index (χ4v) is 2.58. The first kappa shape index (κ1) is 9.74. The molecule has 0 aromatic heterocycles. The standard InChI is InChI=1S/C8H15NO2S/c1-2-3-4-5-9-8-6-12(10,11)7-8/h2-3,8-9H,4-7H2,1H3. The highest BCUT2D eigenvalue weighted by Crippen LogP contribution is 2.09. The SMILES string of the molecule is CC=CCCNC1CS(=O)(=O)C1. The van der Waals surface area contributed by atoms with Crippen LogP contribution in [0.1, 0.15) is 13.3 Å². The van der Waals surface area contributed by atoms with E-state index in [2.05, 4.69) is 11.4 Å². The van der Waals surface area contributed by atoms with Crippen LogP contribution in [0.4, 0.5) is 0 Å². The first-order valence-electron chi connectivity index (χ1n) is 4.19. The van der Waals surface area contributed by atoms with Crippen LogP contribution in [-0.2, 0) is 9.84 Å². The largest absolute Gasteiger partial charge is 0.312 e. The molecule has 1 N–H and O–H groups in total. The van der Waals surface area contributed by atoms with E-state index in [9.17, 15) is 8.42 Å². The molecule has 0 amide bonds. The zero-order valence-corrected chi connectivity index (χ0v) is 8.10. The van der Waals surface area contributed by atoms with Gasteiger partial charge in [0.05, 0.1) is 11.5 Å². The summed E-state index contributed by atoms with van der Waals surface area (Å²) in [6.07, 6.45) is 5.05. The Kier molecular flexibility index (Phi) is 3.29. The Morgan fingerprint density at radius 3 is 2.67 bits per heavy atom. The highest BCUT2D eigenvalue weighted by atomic mass is 32.2. The average Bonchev–Trinajstić information content (AvgIpc) is 1.94. The van der Waals surface area contributed by atoms with Gasteiger partial charge in [0.25, 0.3) is 0 Å². The molecule has 1 rings (SSSR count). The average molecular weight is 189 g/mol. The van der Waals surface area contributed by atoms with E-state index in [4.69, 9.17) is 0 Å². The third-order valence-corrected chi connectivity index (χ3v) is 3.71. The number of hydrogen-bond donors (Lipinski definition) is 1. The molecule has 0 radical (unpaired) electrons. The van der Waals surface area contributed by atoms with Gasteiger partial charge in [0.2, 0.25) is 0 Å². The van der Waals surface area contributed by atoms with Gasteiger partial charge in [-0.05, 0) is 19.9 Å². The van der Waals surface area contributed by atoms with E-state index in [-0.39, 0.29) is 6.04 Å². The summed E-state index contributed by atoms with van der Waals surface area (Å²) in [5.41, 5.74) is 0. The fraction of sp³-hybridized carbons (Fsp3) is 0.750. The minimum absolute atomic E-state index is 0.209. The molecule has 0 bridgehead atoms. The molecule has 0 unspecified atom stereocenters. The molecule has 3 nitrogen and oxygen atoms in total. The Morgan fingerprint density at radius 1 is 1.50 bits per heavy atom. The Bertz CT molecular complexity index is 244.